The van der Waals surface area contributed by atoms with Gasteiger partial charge in [-0.05, 0) is 67.1 Å². The van der Waals surface area contributed by atoms with Crippen molar-refractivity contribution in [2.75, 3.05) is 18.4 Å². The number of rotatable bonds is 8. The van der Waals surface area contributed by atoms with Gasteiger partial charge >= 0.3 is 0 Å². The smallest absolute Gasteiger partial charge is 0.217 e. The van der Waals surface area contributed by atoms with Crippen LogP contribution in [0.3, 0.4) is 0 Å². The summed E-state index contributed by atoms with van der Waals surface area (Å²) in [7, 11) is 0. The van der Waals surface area contributed by atoms with E-state index in [1.165, 1.54) is 35.9 Å². The molecule has 0 saturated carbocycles. The van der Waals surface area contributed by atoms with Crippen molar-refractivity contribution in [3.8, 4) is 0 Å². The second kappa shape index (κ2) is 9.83. The average molecular weight is 402 g/mol. The number of hydrogen-bond donors (Lipinski definition) is 3. The van der Waals surface area contributed by atoms with Gasteiger partial charge in [-0.3, -0.25) is 4.79 Å². The van der Waals surface area contributed by atoms with Gasteiger partial charge < -0.3 is 16.0 Å². The van der Waals surface area contributed by atoms with Crippen LogP contribution in [0.5, 0.6) is 0 Å². The molecule has 0 bridgehead atoms. The molecule has 6 heteroatoms. The lowest BCUT2D eigenvalue weighted by atomic mass is 9.95. The normalized spacial score (nSPS) is 16.6. The van der Waals surface area contributed by atoms with E-state index in [0.717, 1.165) is 25.5 Å². The van der Waals surface area contributed by atoms with Crippen molar-refractivity contribution in [1.82, 2.24) is 10.6 Å². The summed E-state index contributed by atoms with van der Waals surface area (Å²) >= 11 is 0. The Hall–Kier alpha value is -2.47. The summed E-state index contributed by atoms with van der Waals surface area (Å²) in [5, 5.41) is 9.95. The van der Waals surface area contributed by atoms with Crippen molar-refractivity contribution in [2.24, 2.45) is 0 Å². The van der Waals surface area contributed by atoms with Crippen molar-refractivity contribution in [3.63, 3.8) is 0 Å². The van der Waals surface area contributed by atoms with Gasteiger partial charge in [0.2, 0.25) is 5.91 Å². The highest BCUT2D eigenvalue weighted by atomic mass is 19.1. The predicted molar refractivity (Wildman–Crippen MR) is 112 cm³/mol. The lowest BCUT2D eigenvalue weighted by molar-refractivity contribution is -0.119. The summed E-state index contributed by atoms with van der Waals surface area (Å²) in [4.78, 5) is 11.6. The number of nitrogens with one attached hydrogen (secondary N) is 3. The minimum absolute atomic E-state index is 0.147. The van der Waals surface area contributed by atoms with Crippen LogP contribution >= 0.6 is 0 Å². The Bertz CT molecular complexity index is 836. The third kappa shape index (κ3) is 6.00. The van der Waals surface area contributed by atoms with Crippen LogP contribution in [0.2, 0.25) is 0 Å². The van der Waals surface area contributed by atoms with Crippen LogP contribution < -0.4 is 16.0 Å². The molecule has 1 amide bonds. The Morgan fingerprint density at radius 2 is 1.93 bits per heavy atom. The summed E-state index contributed by atoms with van der Waals surface area (Å²) in [6.07, 6.45) is 3.04. The summed E-state index contributed by atoms with van der Waals surface area (Å²) in [6, 6.07) is 10.1. The first kappa shape index (κ1) is 21.2. The van der Waals surface area contributed by atoms with Crippen molar-refractivity contribution in [1.29, 1.82) is 0 Å². The second-order valence-electron chi connectivity index (χ2n) is 7.67. The maximum Gasteiger partial charge on any atom is 0.217 e. The first-order valence-corrected chi connectivity index (χ1v) is 10.3. The molecule has 0 aliphatic carbocycles. The standard InChI is InChI=1S/C23H29F2N3O/c1-3-16-4-5-22-21(13-16)23(7-9-27-22)26-8-6-20(28-15(2)29)12-17-10-18(24)14-19(25)11-17/h4-5,10-11,13-14,20,23,26-27H,3,6-9,12H2,1-2H3,(H,28,29)/t20-,23?/m1/s1. The SMILES string of the molecule is CCc1ccc2c(c1)C(NCC[C@H](Cc1cc(F)cc(F)c1)NC(C)=O)CCN2. The molecule has 0 spiro atoms. The van der Waals surface area contributed by atoms with Gasteiger partial charge in [0, 0.05) is 37.3 Å². The molecule has 0 aromatic heterocycles. The van der Waals surface area contributed by atoms with Gasteiger partial charge in [-0.2, -0.15) is 0 Å². The maximum absolute atomic E-state index is 13.5. The number of benzene rings is 2. The Balaban J connectivity index is 1.62. The first-order valence-electron chi connectivity index (χ1n) is 10.3. The zero-order chi connectivity index (χ0) is 20.8. The molecule has 4 nitrogen and oxygen atoms in total. The third-order valence-corrected chi connectivity index (χ3v) is 5.34. The molecule has 1 aliphatic rings. The topological polar surface area (TPSA) is 53.2 Å². The fourth-order valence-electron chi connectivity index (χ4n) is 3.96. The Labute approximate surface area is 171 Å². The number of hydrogen-bond acceptors (Lipinski definition) is 3. The number of halogens is 2. The number of anilines is 1. The minimum Gasteiger partial charge on any atom is -0.385 e. The molecule has 1 aliphatic heterocycles. The highest BCUT2D eigenvalue weighted by Gasteiger charge is 2.20. The average Bonchev–Trinajstić information content (AvgIpc) is 2.66. The fraction of sp³-hybridized carbons (Fsp3) is 0.435. The van der Waals surface area contributed by atoms with Crippen LogP contribution in [-0.2, 0) is 17.6 Å². The summed E-state index contributed by atoms with van der Waals surface area (Å²) < 4.78 is 27.0. The van der Waals surface area contributed by atoms with Gasteiger partial charge in [0.15, 0.2) is 0 Å². The van der Waals surface area contributed by atoms with E-state index in [2.05, 4.69) is 41.1 Å². The Morgan fingerprint density at radius 3 is 2.62 bits per heavy atom. The molecule has 2 aromatic carbocycles. The predicted octanol–water partition coefficient (Wildman–Crippen LogP) is 4.11. The van der Waals surface area contributed by atoms with E-state index >= 15 is 0 Å². The van der Waals surface area contributed by atoms with Gasteiger partial charge in [-0.25, -0.2) is 8.78 Å². The van der Waals surface area contributed by atoms with Crippen molar-refractivity contribution in [2.45, 2.75) is 51.6 Å². The minimum atomic E-state index is -0.599. The highest BCUT2D eigenvalue weighted by Crippen LogP contribution is 2.30. The monoisotopic (exact) mass is 401 g/mol. The van der Waals surface area contributed by atoms with Gasteiger partial charge in [-0.1, -0.05) is 19.1 Å². The van der Waals surface area contributed by atoms with E-state index in [0.29, 0.717) is 24.9 Å². The number of aryl methyl sites for hydroxylation is 1. The number of carbonyl (C=O) groups is 1. The summed E-state index contributed by atoms with van der Waals surface area (Å²) in [5.41, 5.74) is 4.29. The molecule has 3 N–H and O–H groups in total. The molecule has 2 aromatic rings. The number of amides is 1. The summed E-state index contributed by atoms with van der Waals surface area (Å²) in [5.74, 6) is -1.35. The summed E-state index contributed by atoms with van der Waals surface area (Å²) in [6.45, 7) is 5.21. The zero-order valence-corrected chi connectivity index (χ0v) is 17.0. The van der Waals surface area contributed by atoms with Gasteiger partial charge in [-0.15, -0.1) is 0 Å². The van der Waals surface area contributed by atoms with Crippen molar-refractivity contribution in [3.05, 3.63) is 64.7 Å². The van der Waals surface area contributed by atoms with Crippen LogP contribution in [0, 0.1) is 11.6 Å². The van der Waals surface area contributed by atoms with Crippen LogP contribution in [-0.4, -0.2) is 25.0 Å². The highest BCUT2D eigenvalue weighted by molar-refractivity contribution is 5.73. The Morgan fingerprint density at radius 1 is 1.17 bits per heavy atom. The van der Waals surface area contributed by atoms with Crippen molar-refractivity contribution < 1.29 is 13.6 Å². The molecule has 3 rings (SSSR count). The largest absolute Gasteiger partial charge is 0.385 e. The molecule has 29 heavy (non-hydrogen) atoms. The van der Waals surface area contributed by atoms with E-state index in [1.807, 2.05) is 0 Å². The zero-order valence-electron chi connectivity index (χ0n) is 17.0. The van der Waals surface area contributed by atoms with Crippen LogP contribution in [0.1, 0.15) is 49.4 Å². The second-order valence-corrected chi connectivity index (χ2v) is 7.67. The fourth-order valence-corrected chi connectivity index (χ4v) is 3.96. The molecule has 0 saturated heterocycles. The molecule has 1 unspecified atom stereocenters. The van der Waals surface area contributed by atoms with Gasteiger partial charge in [0.1, 0.15) is 11.6 Å². The molecule has 2 atom stereocenters. The molecule has 156 valence electrons. The van der Waals surface area contributed by atoms with Crippen LogP contribution in [0.25, 0.3) is 0 Å². The van der Waals surface area contributed by atoms with E-state index in [-0.39, 0.29) is 18.0 Å². The van der Waals surface area contributed by atoms with E-state index in [4.69, 9.17) is 0 Å². The lowest BCUT2D eigenvalue weighted by Crippen LogP contribution is -2.38. The molecule has 1 heterocycles. The molecule has 0 fully saturated rings. The van der Waals surface area contributed by atoms with E-state index in [1.54, 1.807) is 0 Å². The van der Waals surface area contributed by atoms with Crippen LogP contribution in [0.15, 0.2) is 36.4 Å². The molecular weight excluding hydrogens is 372 g/mol. The molecule has 0 radical (unpaired) electrons. The van der Waals surface area contributed by atoms with E-state index in [9.17, 15) is 13.6 Å². The molecular formula is C23H29F2N3O. The number of carbonyl (C=O) groups excluding carboxylic acids is 1. The third-order valence-electron chi connectivity index (χ3n) is 5.34. The van der Waals surface area contributed by atoms with Crippen LogP contribution in [0.4, 0.5) is 14.5 Å². The number of fused-ring (bicyclic) bond motifs is 1. The van der Waals surface area contributed by atoms with Gasteiger partial charge in [0.05, 0.1) is 0 Å². The Kier molecular flexibility index (Phi) is 7.20. The first-order chi connectivity index (χ1) is 13.9. The van der Waals surface area contributed by atoms with Crippen molar-refractivity contribution >= 4 is 11.6 Å². The maximum atomic E-state index is 13.5. The lowest BCUT2D eigenvalue weighted by Gasteiger charge is -2.29. The van der Waals surface area contributed by atoms with Gasteiger partial charge in [0.25, 0.3) is 0 Å². The van der Waals surface area contributed by atoms with E-state index < -0.39 is 11.6 Å². The quantitative estimate of drug-likeness (QED) is 0.624.